The average Bonchev–Trinajstić information content (AvgIpc) is 3.29. The summed E-state index contributed by atoms with van der Waals surface area (Å²) in [5, 5.41) is 1.02. The van der Waals surface area contributed by atoms with E-state index in [2.05, 4.69) is 6.07 Å². The second-order valence-corrected chi connectivity index (χ2v) is 4.91. The average molecular weight is 258 g/mol. The van der Waals surface area contributed by atoms with Crippen molar-refractivity contribution in [2.75, 3.05) is 14.2 Å². The first-order valence-electron chi connectivity index (χ1n) is 6.52. The summed E-state index contributed by atoms with van der Waals surface area (Å²) < 4.78 is 10.7. The topological polar surface area (TPSA) is 57.4 Å². The SMILES string of the molecule is COc1cc(OC)c2nc(C3CC3)cc(CN)c2c1. The van der Waals surface area contributed by atoms with E-state index in [1.165, 1.54) is 12.8 Å². The van der Waals surface area contributed by atoms with Crippen LogP contribution in [0.1, 0.15) is 30.0 Å². The molecule has 100 valence electrons. The van der Waals surface area contributed by atoms with Crippen molar-refractivity contribution in [1.82, 2.24) is 4.98 Å². The molecule has 0 spiro atoms. The molecule has 1 fully saturated rings. The van der Waals surface area contributed by atoms with Crippen molar-refractivity contribution in [2.24, 2.45) is 5.73 Å². The molecule has 1 aliphatic rings. The van der Waals surface area contributed by atoms with Crippen LogP contribution in [0.2, 0.25) is 0 Å². The van der Waals surface area contributed by atoms with Crippen LogP contribution in [0, 0.1) is 0 Å². The van der Waals surface area contributed by atoms with Gasteiger partial charge in [0.05, 0.1) is 14.2 Å². The van der Waals surface area contributed by atoms with Crippen LogP contribution in [0.4, 0.5) is 0 Å². The van der Waals surface area contributed by atoms with Crippen molar-refractivity contribution >= 4 is 10.9 Å². The van der Waals surface area contributed by atoms with Gasteiger partial charge >= 0.3 is 0 Å². The van der Waals surface area contributed by atoms with Crippen LogP contribution in [0.5, 0.6) is 11.5 Å². The Morgan fingerprint density at radius 3 is 2.58 bits per heavy atom. The Morgan fingerprint density at radius 2 is 2.00 bits per heavy atom. The van der Waals surface area contributed by atoms with E-state index < -0.39 is 0 Å². The number of aromatic nitrogens is 1. The van der Waals surface area contributed by atoms with Crippen molar-refractivity contribution in [3.63, 3.8) is 0 Å². The van der Waals surface area contributed by atoms with Gasteiger partial charge in [0.1, 0.15) is 17.0 Å². The van der Waals surface area contributed by atoms with E-state index in [0.717, 1.165) is 33.7 Å². The molecule has 0 radical (unpaired) electrons. The van der Waals surface area contributed by atoms with Gasteiger partial charge in [-0.15, -0.1) is 0 Å². The molecule has 0 saturated heterocycles. The summed E-state index contributed by atoms with van der Waals surface area (Å²) in [5.74, 6) is 2.10. The number of nitrogens with zero attached hydrogens (tertiary/aromatic N) is 1. The first-order valence-corrected chi connectivity index (χ1v) is 6.52. The fourth-order valence-corrected chi connectivity index (χ4v) is 2.39. The molecule has 1 saturated carbocycles. The second-order valence-electron chi connectivity index (χ2n) is 4.91. The highest BCUT2D eigenvalue weighted by Crippen LogP contribution is 2.41. The molecule has 0 aliphatic heterocycles. The molecule has 2 aromatic rings. The van der Waals surface area contributed by atoms with Crippen molar-refractivity contribution in [2.45, 2.75) is 25.3 Å². The number of benzene rings is 1. The first-order chi connectivity index (χ1) is 9.26. The van der Waals surface area contributed by atoms with E-state index >= 15 is 0 Å². The Balaban J connectivity index is 2.28. The highest BCUT2D eigenvalue weighted by molar-refractivity contribution is 5.89. The highest BCUT2D eigenvalue weighted by atomic mass is 16.5. The zero-order chi connectivity index (χ0) is 13.4. The lowest BCUT2D eigenvalue weighted by atomic mass is 10.0. The Morgan fingerprint density at radius 1 is 1.21 bits per heavy atom. The molecule has 3 rings (SSSR count). The predicted molar refractivity (Wildman–Crippen MR) is 74.7 cm³/mol. The van der Waals surface area contributed by atoms with E-state index in [4.69, 9.17) is 20.2 Å². The third-order valence-corrected chi connectivity index (χ3v) is 3.63. The maximum Gasteiger partial charge on any atom is 0.148 e. The van der Waals surface area contributed by atoms with E-state index in [1.54, 1.807) is 14.2 Å². The lowest BCUT2D eigenvalue weighted by Crippen LogP contribution is -2.02. The summed E-state index contributed by atoms with van der Waals surface area (Å²) in [7, 11) is 3.30. The first kappa shape index (κ1) is 12.2. The summed E-state index contributed by atoms with van der Waals surface area (Å²) in [6.07, 6.45) is 2.45. The molecule has 1 aromatic heterocycles. The van der Waals surface area contributed by atoms with Gasteiger partial charge in [-0.2, -0.15) is 0 Å². The largest absolute Gasteiger partial charge is 0.497 e. The molecule has 2 N–H and O–H groups in total. The zero-order valence-corrected chi connectivity index (χ0v) is 11.3. The Labute approximate surface area is 112 Å². The fraction of sp³-hybridized carbons (Fsp3) is 0.400. The van der Waals surface area contributed by atoms with E-state index in [0.29, 0.717) is 12.5 Å². The zero-order valence-electron chi connectivity index (χ0n) is 11.3. The predicted octanol–water partition coefficient (Wildman–Crippen LogP) is 2.59. The minimum absolute atomic E-state index is 0.495. The van der Waals surface area contributed by atoms with Crippen LogP contribution in [0.3, 0.4) is 0 Å². The second kappa shape index (κ2) is 4.70. The lowest BCUT2D eigenvalue weighted by Gasteiger charge is -2.12. The van der Waals surface area contributed by atoms with Gasteiger partial charge in [-0.25, -0.2) is 4.98 Å². The van der Waals surface area contributed by atoms with Gasteiger partial charge in [0.2, 0.25) is 0 Å². The van der Waals surface area contributed by atoms with Gasteiger partial charge in [0.15, 0.2) is 0 Å². The van der Waals surface area contributed by atoms with Gasteiger partial charge in [-0.1, -0.05) is 0 Å². The van der Waals surface area contributed by atoms with Crippen LogP contribution < -0.4 is 15.2 Å². The Bertz CT molecular complexity index is 621. The minimum Gasteiger partial charge on any atom is -0.497 e. The Hall–Kier alpha value is -1.81. The molecular weight excluding hydrogens is 240 g/mol. The molecular formula is C15H18N2O2. The number of ether oxygens (including phenoxy) is 2. The van der Waals surface area contributed by atoms with Crippen molar-refractivity contribution in [3.05, 3.63) is 29.5 Å². The number of hydrogen-bond acceptors (Lipinski definition) is 4. The quantitative estimate of drug-likeness (QED) is 0.915. The van der Waals surface area contributed by atoms with Crippen LogP contribution in [0.25, 0.3) is 10.9 Å². The molecule has 4 nitrogen and oxygen atoms in total. The number of methoxy groups -OCH3 is 2. The van der Waals surface area contributed by atoms with Crippen molar-refractivity contribution in [1.29, 1.82) is 0 Å². The van der Waals surface area contributed by atoms with Gasteiger partial charge < -0.3 is 15.2 Å². The summed E-state index contributed by atoms with van der Waals surface area (Å²) in [6.45, 7) is 0.495. The molecule has 0 unspecified atom stereocenters. The van der Waals surface area contributed by atoms with E-state index in [-0.39, 0.29) is 0 Å². The fourth-order valence-electron chi connectivity index (χ4n) is 2.39. The summed E-state index contributed by atoms with van der Waals surface area (Å²) in [6, 6.07) is 5.97. The van der Waals surface area contributed by atoms with Crippen molar-refractivity contribution < 1.29 is 9.47 Å². The lowest BCUT2D eigenvalue weighted by molar-refractivity contribution is 0.397. The van der Waals surface area contributed by atoms with Gasteiger partial charge in [0, 0.05) is 29.6 Å². The molecule has 0 amide bonds. The molecule has 1 aliphatic carbocycles. The minimum atomic E-state index is 0.495. The molecule has 1 aromatic carbocycles. The number of pyridine rings is 1. The standard InChI is InChI=1S/C15H18N2O2/c1-18-11-6-12-10(8-16)5-13(9-3-4-9)17-15(12)14(7-11)19-2/h5-7,9H,3-4,8,16H2,1-2H3. The Kier molecular flexibility index (Phi) is 3.03. The molecule has 19 heavy (non-hydrogen) atoms. The number of rotatable bonds is 4. The van der Waals surface area contributed by atoms with Gasteiger partial charge in [-0.05, 0) is 30.5 Å². The van der Waals surface area contributed by atoms with Crippen LogP contribution in [0.15, 0.2) is 18.2 Å². The third kappa shape index (κ3) is 2.12. The molecule has 0 bridgehead atoms. The van der Waals surface area contributed by atoms with E-state index in [9.17, 15) is 0 Å². The summed E-state index contributed by atoms with van der Waals surface area (Å²) >= 11 is 0. The smallest absolute Gasteiger partial charge is 0.148 e. The van der Waals surface area contributed by atoms with Gasteiger partial charge in [-0.3, -0.25) is 0 Å². The van der Waals surface area contributed by atoms with Crippen LogP contribution in [-0.4, -0.2) is 19.2 Å². The van der Waals surface area contributed by atoms with E-state index in [1.807, 2.05) is 12.1 Å². The molecule has 0 atom stereocenters. The number of nitrogens with two attached hydrogens (primary N) is 1. The maximum absolute atomic E-state index is 5.88. The number of fused-ring (bicyclic) bond motifs is 1. The van der Waals surface area contributed by atoms with Crippen LogP contribution in [-0.2, 0) is 6.54 Å². The normalized spacial score (nSPS) is 14.7. The van der Waals surface area contributed by atoms with Crippen molar-refractivity contribution in [3.8, 4) is 11.5 Å². The molecule has 4 heteroatoms. The summed E-state index contributed by atoms with van der Waals surface area (Å²) in [5.41, 5.74) is 9.00. The monoisotopic (exact) mass is 258 g/mol. The number of hydrogen-bond donors (Lipinski definition) is 1. The summed E-state index contributed by atoms with van der Waals surface area (Å²) in [4.78, 5) is 4.76. The highest BCUT2D eigenvalue weighted by Gasteiger charge is 2.26. The third-order valence-electron chi connectivity index (χ3n) is 3.63. The maximum atomic E-state index is 5.88. The molecule has 1 heterocycles. The van der Waals surface area contributed by atoms with Gasteiger partial charge in [0.25, 0.3) is 0 Å². The van der Waals surface area contributed by atoms with Crippen LogP contribution >= 0.6 is 0 Å².